The first-order chi connectivity index (χ1) is 15.4. The van der Waals surface area contributed by atoms with Gasteiger partial charge in [-0.2, -0.15) is 0 Å². The van der Waals surface area contributed by atoms with E-state index in [1.807, 2.05) is 6.08 Å². The van der Waals surface area contributed by atoms with Crippen LogP contribution in [-0.2, 0) is 9.47 Å². The van der Waals surface area contributed by atoms with E-state index in [0.29, 0.717) is 0 Å². The van der Waals surface area contributed by atoms with Crippen LogP contribution in [0.1, 0.15) is 84.0 Å². The Morgan fingerprint density at radius 2 is 1.44 bits per heavy atom. The minimum absolute atomic E-state index is 0.118. The summed E-state index contributed by atoms with van der Waals surface area (Å²) < 4.78 is 10.6. The Balaban J connectivity index is 2.10. The van der Waals surface area contributed by atoms with Crippen LogP contribution in [0.5, 0.6) is 0 Å². The van der Waals surface area contributed by atoms with Crippen LogP contribution in [-0.4, -0.2) is 81.6 Å². The molecule has 32 heavy (non-hydrogen) atoms. The number of unbranched alkanes of at least 4 members (excludes halogenated alkanes) is 11. The van der Waals surface area contributed by atoms with Crippen LogP contribution in [0.15, 0.2) is 12.2 Å². The normalized spacial score (nSPS) is 28.3. The van der Waals surface area contributed by atoms with E-state index in [1.165, 1.54) is 64.2 Å². The number of ether oxygens (including phenoxy) is 2. The molecule has 7 atom stereocenters. The number of hydrogen-bond acceptors (Lipinski definition) is 8. The van der Waals surface area contributed by atoms with Crippen molar-refractivity contribution in [1.29, 1.82) is 0 Å². The number of aliphatic hydroxyl groups is 5. The number of nitrogens with two attached hydrogens (primary N) is 1. The first-order valence-electron chi connectivity index (χ1n) is 12.4. The minimum atomic E-state index is -1.50. The lowest BCUT2D eigenvalue weighted by atomic mass is 9.99. The number of hydrogen-bond donors (Lipinski definition) is 6. The molecule has 190 valence electrons. The maximum atomic E-state index is 10.2. The van der Waals surface area contributed by atoms with Gasteiger partial charge in [0.2, 0.25) is 0 Å². The number of rotatable bonds is 18. The van der Waals surface area contributed by atoms with Gasteiger partial charge >= 0.3 is 0 Å². The summed E-state index contributed by atoms with van der Waals surface area (Å²) >= 11 is 0. The van der Waals surface area contributed by atoms with Gasteiger partial charge in [0.25, 0.3) is 0 Å². The molecular formula is C24H47NO7. The monoisotopic (exact) mass is 461 g/mol. The summed E-state index contributed by atoms with van der Waals surface area (Å²) in [5, 5.41) is 48.8. The van der Waals surface area contributed by atoms with E-state index in [4.69, 9.17) is 15.2 Å². The molecular weight excluding hydrogens is 414 g/mol. The molecule has 0 amide bonds. The predicted octanol–water partition coefficient (Wildman–Crippen LogP) is 1.75. The van der Waals surface area contributed by atoms with E-state index < -0.39 is 49.5 Å². The Morgan fingerprint density at radius 1 is 0.875 bits per heavy atom. The highest BCUT2D eigenvalue weighted by molar-refractivity contribution is 4.94. The van der Waals surface area contributed by atoms with Crippen molar-refractivity contribution in [3.8, 4) is 0 Å². The molecule has 0 bridgehead atoms. The molecule has 1 rings (SSSR count). The van der Waals surface area contributed by atoms with Crippen molar-refractivity contribution in [3.05, 3.63) is 12.2 Å². The summed E-state index contributed by atoms with van der Waals surface area (Å²) in [6.07, 6.45) is 11.1. The van der Waals surface area contributed by atoms with Crippen LogP contribution in [0, 0.1) is 0 Å². The largest absolute Gasteiger partial charge is 0.394 e. The van der Waals surface area contributed by atoms with Crippen LogP contribution in [0.2, 0.25) is 0 Å². The summed E-state index contributed by atoms with van der Waals surface area (Å²) in [5.41, 5.74) is 5.93. The molecule has 0 aromatic carbocycles. The summed E-state index contributed by atoms with van der Waals surface area (Å²) in [5.74, 6) is 0. The zero-order valence-electron chi connectivity index (χ0n) is 19.7. The van der Waals surface area contributed by atoms with E-state index >= 15 is 0 Å². The second kappa shape index (κ2) is 17.8. The van der Waals surface area contributed by atoms with Gasteiger partial charge in [-0.05, 0) is 12.8 Å². The van der Waals surface area contributed by atoms with Gasteiger partial charge < -0.3 is 40.7 Å². The lowest BCUT2D eigenvalue weighted by molar-refractivity contribution is -0.302. The third-order valence-corrected chi connectivity index (χ3v) is 6.05. The SMILES string of the molecule is CCCCCCCCCCCCCC=C[C@@H](O)[C@@H](N)CO[C@@H]1O[C@H](CO)[C@H](O)[C@H](O)[C@H]1O. The molecule has 8 nitrogen and oxygen atoms in total. The fourth-order valence-electron chi connectivity index (χ4n) is 3.81. The Bertz CT molecular complexity index is 477. The Morgan fingerprint density at radius 3 is 2.00 bits per heavy atom. The smallest absolute Gasteiger partial charge is 0.186 e. The highest BCUT2D eigenvalue weighted by Crippen LogP contribution is 2.22. The Hall–Kier alpha value is -0.580. The van der Waals surface area contributed by atoms with Gasteiger partial charge in [-0.25, -0.2) is 0 Å². The van der Waals surface area contributed by atoms with Gasteiger partial charge in [0.1, 0.15) is 24.4 Å². The van der Waals surface area contributed by atoms with Crippen LogP contribution in [0.25, 0.3) is 0 Å². The topological polar surface area (TPSA) is 146 Å². The Labute approximate surface area is 193 Å². The molecule has 8 heteroatoms. The summed E-state index contributed by atoms with van der Waals surface area (Å²) in [7, 11) is 0. The van der Waals surface area contributed by atoms with E-state index in [0.717, 1.165) is 12.8 Å². The second-order valence-corrected chi connectivity index (χ2v) is 8.94. The zero-order chi connectivity index (χ0) is 23.8. The number of aliphatic hydroxyl groups excluding tert-OH is 5. The van der Waals surface area contributed by atoms with Crippen molar-refractivity contribution in [1.82, 2.24) is 0 Å². The second-order valence-electron chi connectivity index (χ2n) is 8.94. The quantitative estimate of drug-likeness (QED) is 0.134. The fourth-order valence-corrected chi connectivity index (χ4v) is 3.81. The molecule has 0 aromatic rings. The van der Waals surface area contributed by atoms with Crippen LogP contribution >= 0.6 is 0 Å². The molecule has 0 aromatic heterocycles. The van der Waals surface area contributed by atoms with E-state index in [1.54, 1.807) is 6.08 Å². The van der Waals surface area contributed by atoms with Crippen molar-refractivity contribution in [2.45, 2.75) is 127 Å². The first kappa shape index (κ1) is 29.5. The van der Waals surface area contributed by atoms with Crippen LogP contribution in [0.3, 0.4) is 0 Å². The molecule has 0 aliphatic carbocycles. The molecule has 0 radical (unpaired) electrons. The fraction of sp³-hybridized carbons (Fsp3) is 0.917. The standard InChI is InChI=1S/C24H47NO7/c1-2-3-4-5-6-7-8-9-10-11-12-13-14-15-19(27)18(25)17-31-24-23(30)22(29)21(28)20(16-26)32-24/h14-15,18-24,26-30H,2-13,16-17,25H2,1H3/t18-,19+,20+,21-,22-,23+,24+/m0/s1. The third kappa shape index (κ3) is 11.5. The van der Waals surface area contributed by atoms with Crippen molar-refractivity contribution >= 4 is 0 Å². The van der Waals surface area contributed by atoms with Crippen molar-refractivity contribution in [2.75, 3.05) is 13.2 Å². The lowest BCUT2D eigenvalue weighted by Gasteiger charge is -2.39. The van der Waals surface area contributed by atoms with Gasteiger partial charge in [-0.3, -0.25) is 0 Å². The first-order valence-corrected chi connectivity index (χ1v) is 12.4. The highest BCUT2D eigenvalue weighted by Gasteiger charge is 2.44. The molecule has 0 spiro atoms. The maximum Gasteiger partial charge on any atom is 0.186 e. The highest BCUT2D eigenvalue weighted by atomic mass is 16.7. The van der Waals surface area contributed by atoms with Gasteiger partial charge in [0, 0.05) is 0 Å². The lowest BCUT2D eigenvalue weighted by Crippen LogP contribution is -2.59. The number of allylic oxidation sites excluding steroid dienone is 1. The molecule has 1 fully saturated rings. The van der Waals surface area contributed by atoms with Gasteiger partial charge in [0.15, 0.2) is 6.29 Å². The van der Waals surface area contributed by atoms with Crippen LogP contribution in [0.4, 0.5) is 0 Å². The maximum absolute atomic E-state index is 10.2. The predicted molar refractivity (Wildman–Crippen MR) is 124 cm³/mol. The molecule has 1 aliphatic rings. The van der Waals surface area contributed by atoms with Crippen molar-refractivity contribution in [3.63, 3.8) is 0 Å². The molecule has 1 saturated heterocycles. The molecule has 7 N–H and O–H groups in total. The summed E-state index contributed by atoms with van der Waals surface area (Å²) in [4.78, 5) is 0. The molecule has 0 saturated carbocycles. The molecule has 0 unspecified atom stereocenters. The van der Waals surface area contributed by atoms with Crippen LogP contribution < -0.4 is 5.73 Å². The molecule has 1 aliphatic heterocycles. The molecule has 1 heterocycles. The van der Waals surface area contributed by atoms with Gasteiger partial charge in [0.05, 0.1) is 25.4 Å². The minimum Gasteiger partial charge on any atom is -0.394 e. The van der Waals surface area contributed by atoms with Gasteiger partial charge in [-0.1, -0.05) is 83.3 Å². The zero-order valence-corrected chi connectivity index (χ0v) is 19.7. The van der Waals surface area contributed by atoms with Crippen molar-refractivity contribution < 1.29 is 35.0 Å². The van der Waals surface area contributed by atoms with E-state index in [-0.39, 0.29) is 6.61 Å². The van der Waals surface area contributed by atoms with Gasteiger partial charge in [-0.15, -0.1) is 0 Å². The van der Waals surface area contributed by atoms with E-state index in [9.17, 15) is 25.5 Å². The average Bonchev–Trinajstić information content (AvgIpc) is 2.79. The Kier molecular flexibility index (Phi) is 16.4. The summed E-state index contributed by atoms with van der Waals surface area (Å²) in [6, 6.07) is -0.740. The third-order valence-electron chi connectivity index (χ3n) is 6.05. The van der Waals surface area contributed by atoms with Crippen molar-refractivity contribution in [2.24, 2.45) is 5.73 Å². The van der Waals surface area contributed by atoms with E-state index in [2.05, 4.69) is 6.92 Å². The summed E-state index contributed by atoms with van der Waals surface area (Å²) in [6.45, 7) is 1.60. The average molecular weight is 462 g/mol.